The van der Waals surface area contributed by atoms with Gasteiger partial charge in [-0.15, -0.1) is 11.8 Å². The van der Waals surface area contributed by atoms with Crippen LogP contribution in [0.15, 0.2) is 65.2 Å². The minimum atomic E-state index is -1.73. The summed E-state index contributed by atoms with van der Waals surface area (Å²) in [7, 11) is 1.54. The highest BCUT2D eigenvalue weighted by Crippen LogP contribution is 2.41. The van der Waals surface area contributed by atoms with E-state index in [-0.39, 0.29) is 39.8 Å². The molecule has 356 valence electrons. The number of halogens is 1. The average molecular weight is 974 g/mol. The molecule has 3 N–H and O–H groups in total. The Morgan fingerprint density at radius 1 is 0.864 bits per heavy atom. The number of nitrogens with one attached hydrogen (secondary N) is 3. The standard InChI is InChI=1S/C44H54ClN7O12S2/c1-41(2,3)61-37(56)44(10,11)64-50-29(28-32(45)66-38(48-28)49-40(58)63-43(7,8)9)33(53)47-30-34(54)52-31(36(55)60-22-24-13-15-27(59-12)16-14-24)25(23-65-35(30)52)21-51-19-17-26(18-20-51)46-39(57)62-42(4,5)6/h13-20,30,35H,21-23H2,1-12H3,(H2,47,48,49,53,58)/p+1/b50-29-. The summed E-state index contributed by atoms with van der Waals surface area (Å²) in [6, 6.07) is 9.06. The van der Waals surface area contributed by atoms with Crippen molar-refractivity contribution in [1.82, 2.24) is 15.2 Å². The Hall–Kier alpha value is -5.93. The number of pyridine rings is 1. The summed E-state index contributed by atoms with van der Waals surface area (Å²) in [5, 5.41) is 11.0. The molecule has 0 spiro atoms. The zero-order chi connectivity index (χ0) is 48.9. The highest BCUT2D eigenvalue weighted by molar-refractivity contribution is 8.00. The lowest BCUT2D eigenvalue weighted by Gasteiger charge is -2.49. The summed E-state index contributed by atoms with van der Waals surface area (Å²) in [6.45, 7) is 18.1. The molecule has 1 saturated heterocycles. The number of thioether (sulfide) groups is 1. The number of hydrogen-bond acceptors (Lipinski definition) is 16. The Balaban J connectivity index is 1.43. The van der Waals surface area contributed by atoms with Gasteiger partial charge in [-0.25, -0.2) is 28.7 Å². The molecule has 2 unspecified atom stereocenters. The lowest BCUT2D eigenvalue weighted by Crippen LogP contribution is -2.71. The first kappa shape index (κ1) is 51.1. The first-order valence-electron chi connectivity index (χ1n) is 20.6. The van der Waals surface area contributed by atoms with Crippen molar-refractivity contribution < 1.29 is 61.9 Å². The molecule has 2 aromatic heterocycles. The normalized spacial score (nSPS) is 16.6. The monoisotopic (exact) mass is 972 g/mol. The number of hydrogen-bond donors (Lipinski definition) is 3. The largest absolute Gasteiger partial charge is 0.497 e. The molecule has 0 bridgehead atoms. The van der Waals surface area contributed by atoms with Gasteiger partial charge in [-0.3, -0.25) is 25.1 Å². The molecule has 5 rings (SSSR count). The van der Waals surface area contributed by atoms with E-state index < -0.39 is 75.5 Å². The van der Waals surface area contributed by atoms with Crippen molar-refractivity contribution in [3.8, 4) is 5.75 Å². The van der Waals surface area contributed by atoms with Crippen LogP contribution in [0, 0.1) is 0 Å². The summed E-state index contributed by atoms with van der Waals surface area (Å²) in [5.41, 5.74) is -3.21. The van der Waals surface area contributed by atoms with Crippen LogP contribution >= 0.6 is 34.7 Å². The number of aromatic nitrogens is 2. The van der Waals surface area contributed by atoms with E-state index in [1.165, 1.54) is 37.6 Å². The molecule has 66 heavy (non-hydrogen) atoms. The molecule has 0 radical (unpaired) electrons. The number of rotatable bonds is 14. The highest BCUT2D eigenvalue weighted by atomic mass is 35.5. The molecule has 2 atom stereocenters. The van der Waals surface area contributed by atoms with Crippen molar-refractivity contribution in [2.75, 3.05) is 23.5 Å². The number of carbonyl (C=O) groups is 6. The number of amides is 4. The van der Waals surface area contributed by atoms with Gasteiger partial charge < -0.3 is 33.8 Å². The second kappa shape index (κ2) is 20.3. The van der Waals surface area contributed by atoms with E-state index in [0.29, 0.717) is 22.6 Å². The third-order valence-electron chi connectivity index (χ3n) is 8.85. The topological polar surface area (TPSA) is 226 Å². The molecule has 4 amide bonds. The molecule has 4 heterocycles. The number of benzene rings is 1. The maximum atomic E-state index is 14.3. The first-order valence-corrected chi connectivity index (χ1v) is 22.8. The smallest absolute Gasteiger partial charge is 0.413 e. The number of oxime groups is 1. The Morgan fingerprint density at radius 2 is 1.45 bits per heavy atom. The van der Waals surface area contributed by atoms with Crippen LogP contribution in [0.3, 0.4) is 0 Å². The fourth-order valence-electron chi connectivity index (χ4n) is 5.91. The van der Waals surface area contributed by atoms with Crippen LogP contribution in [-0.4, -0.2) is 98.2 Å². The van der Waals surface area contributed by atoms with E-state index in [9.17, 15) is 28.8 Å². The molecule has 3 aromatic rings. The van der Waals surface area contributed by atoms with Gasteiger partial charge in [0.25, 0.3) is 11.8 Å². The van der Waals surface area contributed by atoms with Crippen molar-refractivity contribution in [2.45, 2.75) is 123 Å². The van der Waals surface area contributed by atoms with Gasteiger partial charge >= 0.3 is 24.1 Å². The minimum Gasteiger partial charge on any atom is -0.497 e. The van der Waals surface area contributed by atoms with Gasteiger partial charge in [0, 0.05) is 23.5 Å². The molecule has 2 aliphatic rings. The summed E-state index contributed by atoms with van der Waals surface area (Å²) in [5.74, 6) is -2.32. The molecule has 0 saturated carbocycles. The molecule has 1 fully saturated rings. The van der Waals surface area contributed by atoms with Gasteiger partial charge in [0.05, 0.1) is 12.8 Å². The fraction of sp³-hybridized carbons (Fsp3) is 0.477. The Labute approximate surface area is 395 Å². The van der Waals surface area contributed by atoms with Crippen LogP contribution in [0.4, 0.5) is 20.4 Å². The summed E-state index contributed by atoms with van der Waals surface area (Å²) < 4.78 is 28.8. The number of fused-ring (bicyclic) bond motifs is 1. The van der Waals surface area contributed by atoms with Gasteiger partial charge in [0.15, 0.2) is 29.8 Å². The molecule has 22 heteroatoms. The maximum Gasteiger partial charge on any atom is 0.413 e. The van der Waals surface area contributed by atoms with Gasteiger partial charge in [-0.1, -0.05) is 40.2 Å². The lowest BCUT2D eigenvalue weighted by atomic mass is 10.0. The summed E-state index contributed by atoms with van der Waals surface area (Å²) >= 11 is 8.68. The number of anilines is 2. The van der Waals surface area contributed by atoms with E-state index in [1.807, 2.05) is 0 Å². The number of β-lactam (4-membered cyclic amide) rings is 1. The number of carbonyl (C=O) groups excluding carboxylic acids is 6. The lowest BCUT2D eigenvalue weighted by molar-refractivity contribution is -0.688. The predicted molar refractivity (Wildman–Crippen MR) is 246 cm³/mol. The molecule has 19 nitrogen and oxygen atoms in total. The molecule has 0 aliphatic carbocycles. The van der Waals surface area contributed by atoms with Crippen LogP contribution in [0.5, 0.6) is 5.75 Å². The van der Waals surface area contributed by atoms with Gasteiger partial charge in [-0.2, -0.15) is 0 Å². The Kier molecular flexibility index (Phi) is 15.7. The van der Waals surface area contributed by atoms with Gasteiger partial charge in [0.2, 0.25) is 5.60 Å². The molecule has 1 aromatic carbocycles. The van der Waals surface area contributed by atoms with Crippen molar-refractivity contribution in [1.29, 1.82) is 0 Å². The quantitative estimate of drug-likeness (QED) is 0.0381. The summed E-state index contributed by atoms with van der Waals surface area (Å²) in [4.78, 5) is 91.7. The first-order chi connectivity index (χ1) is 30.6. The predicted octanol–water partition coefficient (Wildman–Crippen LogP) is 6.73. The Bertz CT molecular complexity index is 2400. The van der Waals surface area contributed by atoms with E-state index in [4.69, 9.17) is 40.1 Å². The van der Waals surface area contributed by atoms with E-state index in [0.717, 1.165) is 11.3 Å². The van der Waals surface area contributed by atoms with Crippen LogP contribution in [0.2, 0.25) is 4.34 Å². The number of nitrogens with zero attached hydrogens (tertiary/aromatic N) is 4. The molecular formula is C44H55ClN7O12S2+. The van der Waals surface area contributed by atoms with Crippen LogP contribution in [0.1, 0.15) is 87.4 Å². The van der Waals surface area contributed by atoms with Crippen LogP contribution in [-0.2, 0) is 56.1 Å². The van der Waals surface area contributed by atoms with Gasteiger partial charge in [-0.05, 0) is 93.9 Å². The second-order valence-corrected chi connectivity index (χ2v) is 21.1. The average Bonchev–Trinajstić information content (AvgIpc) is 3.55. The highest BCUT2D eigenvalue weighted by Gasteiger charge is 2.55. The third kappa shape index (κ3) is 13.8. The van der Waals surface area contributed by atoms with Crippen LogP contribution in [0.25, 0.3) is 0 Å². The number of esters is 2. The van der Waals surface area contributed by atoms with E-state index in [2.05, 4.69) is 26.1 Å². The fourth-order valence-corrected chi connectivity index (χ4v) is 8.28. The zero-order valence-electron chi connectivity index (χ0n) is 38.8. The molecule has 2 aliphatic heterocycles. The van der Waals surface area contributed by atoms with Gasteiger partial charge in [0.1, 0.15) is 56.3 Å². The van der Waals surface area contributed by atoms with Crippen molar-refractivity contribution in [2.24, 2.45) is 5.16 Å². The SMILES string of the molecule is COc1ccc(COC(=O)C2=C(C[n+]3ccc(NC(=O)OC(C)(C)C)cc3)CSC3C(NC(=O)/C(=N\OC(C)(C)C(=O)OC(C)(C)C)c4nc(NC(=O)OC(C)(C)C)sc4Cl)C(=O)N23)cc1. The number of thiazole rings is 1. The zero-order valence-corrected chi connectivity index (χ0v) is 41.2. The van der Waals surface area contributed by atoms with E-state index >= 15 is 0 Å². The van der Waals surface area contributed by atoms with Crippen molar-refractivity contribution >= 4 is 87.2 Å². The van der Waals surface area contributed by atoms with Crippen molar-refractivity contribution in [3.63, 3.8) is 0 Å². The molecular weight excluding hydrogens is 918 g/mol. The minimum absolute atomic E-state index is 0.00274. The number of methoxy groups -OCH3 is 1. The van der Waals surface area contributed by atoms with Crippen LogP contribution < -0.4 is 25.3 Å². The maximum absolute atomic E-state index is 14.3. The second-order valence-electron chi connectivity index (χ2n) is 18.4. The summed E-state index contributed by atoms with van der Waals surface area (Å²) in [6.07, 6.45) is 1.93. The Morgan fingerprint density at radius 3 is 2.03 bits per heavy atom. The van der Waals surface area contributed by atoms with E-state index in [1.54, 1.807) is 116 Å². The number of ether oxygens (including phenoxy) is 5. The third-order valence-corrected chi connectivity index (χ3v) is 11.4. The van der Waals surface area contributed by atoms with Crippen molar-refractivity contribution in [3.05, 3.63) is 75.7 Å².